The molecule has 4 rings (SSSR count). The molecule has 1 amide bonds. The van der Waals surface area contributed by atoms with E-state index >= 15 is 0 Å². The predicted molar refractivity (Wildman–Crippen MR) is 101 cm³/mol. The number of hydrogen-bond donors (Lipinski definition) is 2. The number of ether oxygens (including phenoxy) is 1. The van der Waals surface area contributed by atoms with Crippen LogP contribution in [0.2, 0.25) is 0 Å². The van der Waals surface area contributed by atoms with E-state index in [9.17, 15) is 4.79 Å². The second-order valence-electron chi connectivity index (χ2n) is 5.69. The summed E-state index contributed by atoms with van der Waals surface area (Å²) in [4.78, 5) is 16.5. The first-order chi connectivity index (χ1) is 12.6. The fraction of sp³-hybridized carbons (Fsp3) is 0.167. The van der Waals surface area contributed by atoms with Crippen molar-refractivity contribution in [1.82, 2.24) is 15.2 Å². The highest BCUT2D eigenvalue weighted by Gasteiger charge is 2.14. The lowest BCUT2D eigenvalue weighted by Gasteiger charge is -2.10. The largest absolute Gasteiger partial charge is 0.495 e. The van der Waals surface area contributed by atoms with Crippen molar-refractivity contribution in [3.63, 3.8) is 0 Å². The lowest BCUT2D eigenvalue weighted by atomic mass is 10.1. The molecule has 0 fully saturated rings. The van der Waals surface area contributed by atoms with Crippen LogP contribution in [0.4, 0.5) is 5.69 Å². The number of para-hydroxylation sites is 1. The van der Waals surface area contributed by atoms with Gasteiger partial charge in [-0.2, -0.15) is 0 Å². The van der Waals surface area contributed by atoms with Gasteiger partial charge in [-0.1, -0.05) is 30.0 Å². The first kappa shape index (κ1) is 16.5. The van der Waals surface area contributed by atoms with Gasteiger partial charge in [0.2, 0.25) is 11.1 Å². The zero-order chi connectivity index (χ0) is 18.1. The second-order valence-corrected chi connectivity index (χ2v) is 6.63. The standard InChI is InChI=1S/C18H16N4O3S/c1-10-19-18(22-21-10)26-9-17(23)20-13-8-15-12(7-16(13)24-2)11-5-3-4-6-14(11)25-15/h3-8H,9H2,1-2H3,(H,20,23)(H,19,21,22). The summed E-state index contributed by atoms with van der Waals surface area (Å²) in [7, 11) is 1.57. The van der Waals surface area contributed by atoms with E-state index in [1.807, 2.05) is 37.3 Å². The number of nitrogens with zero attached hydrogens (tertiary/aromatic N) is 2. The van der Waals surface area contributed by atoms with Crippen LogP contribution >= 0.6 is 11.8 Å². The van der Waals surface area contributed by atoms with Gasteiger partial charge in [-0.05, 0) is 19.1 Å². The Bertz CT molecular complexity index is 1100. The summed E-state index contributed by atoms with van der Waals surface area (Å²) < 4.78 is 11.3. The first-order valence-electron chi connectivity index (χ1n) is 7.95. The molecule has 0 aliphatic carbocycles. The van der Waals surface area contributed by atoms with Crippen molar-refractivity contribution in [3.8, 4) is 5.75 Å². The van der Waals surface area contributed by atoms with E-state index in [0.29, 0.717) is 28.0 Å². The quantitative estimate of drug-likeness (QED) is 0.521. The minimum atomic E-state index is -0.175. The van der Waals surface area contributed by atoms with Gasteiger partial charge < -0.3 is 14.5 Å². The van der Waals surface area contributed by atoms with Crippen molar-refractivity contribution in [2.45, 2.75) is 12.1 Å². The molecule has 0 aliphatic heterocycles. The molecule has 2 heterocycles. The number of aromatic nitrogens is 3. The van der Waals surface area contributed by atoms with Crippen LogP contribution in [0.25, 0.3) is 21.9 Å². The number of nitrogens with one attached hydrogen (secondary N) is 2. The number of carbonyl (C=O) groups is 1. The van der Waals surface area contributed by atoms with Crippen molar-refractivity contribution in [2.24, 2.45) is 0 Å². The topological polar surface area (TPSA) is 93.0 Å². The van der Waals surface area contributed by atoms with Gasteiger partial charge >= 0.3 is 0 Å². The highest BCUT2D eigenvalue weighted by atomic mass is 32.2. The summed E-state index contributed by atoms with van der Waals surface area (Å²) >= 11 is 1.26. The van der Waals surface area contributed by atoms with E-state index in [1.165, 1.54) is 11.8 Å². The molecule has 0 saturated carbocycles. The van der Waals surface area contributed by atoms with Crippen molar-refractivity contribution < 1.29 is 13.9 Å². The van der Waals surface area contributed by atoms with Crippen LogP contribution in [-0.4, -0.2) is 34.0 Å². The Balaban J connectivity index is 1.58. The highest BCUT2D eigenvalue weighted by molar-refractivity contribution is 7.99. The maximum atomic E-state index is 12.3. The van der Waals surface area contributed by atoms with Gasteiger partial charge in [-0.3, -0.25) is 9.89 Å². The van der Waals surface area contributed by atoms with Crippen LogP contribution in [-0.2, 0) is 4.79 Å². The Kier molecular flexibility index (Phi) is 4.26. The van der Waals surface area contributed by atoms with Crippen LogP contribution in [0.5, 0.6) is 5.75 Å². The van der Waals surface area contributed by atoms with Crippen molar-refractivity contribution in [1.29, 1.82) is 0 Å². The molecule has 0 bridgehead atoms. The minimum absolute atomic E-state index is 0.175. The zero-order valence-corrected chi connectivity index (χ0v) is 15.0. The van der Waals surface area contributed by atoms with Gasteiger partial charge in [0.15, 0.2) is 0 Å². The SMILES string of the molecule is COc1cc2c(cc1NC(=O)CSc1n[nH]c(C)n1)oc1ccccc12. The van der Waals surface area contributed by atoms with Gasteiger partial charge in [0, 0.05) is 16.8 Å². The Hall–Kier alpha value is -3.00. The van der Waals surface area contributed by atoms with E-state index in [-0.39, 0.29) is 11.7 Å². The predicted octanol–water partition coefficient (Wildman–Crippen LogP) is 3.75. The van der Waals surface area contributed by atoms with E-state index in [2.05, 4.69) is 20.5 Å². The third kappa shape index (κ3) is 3.11. The van der Waals surface area contributed by atoms with Crippen LogP contribution in [0.3, 0.4) is 0 Å². The second kappa shape index (κ2) is 6.72. The number of thioether (sulfide) groups is 1. The number of methoxy groups -OCH3 is 1. The van der Waals surface area contributed by atoms with E-state index < -0.39 is 0 Å². The van der Waals surface area contributed by atoms with E-state index in [0.717, 1.165) is 16.4 Å². The lowest BCUT2D eigenvalue weighted by molar-refractivity contribution is -0.113. The molecule has 2 aromatic carbocycles. The fourth-order valence-corrected chi connectivity index (χ4v) is 3.37. The molecule has 0 unspecified atom stereocenters. The maximum Gasteiger partial charge on any atom is 0.234 e. The Morgan fingerprint density at radius 1 is 1.27 bits per heavy atom. The van der Waals surface area contributed by atoms with E-state index in [4.69, 9.17) is 9.15 Å². The number of furan rings is 1. The fourth-order valence-electron chi connectivity index (χ4n) is 2.72. The number of hydrogen-bond acceptors (Lipinski definition) is 6. The van der Waals surface area contributed by atoms with Crippen molar-refractivity contribution in [3.05, 3.63) is 42.2 Å². The average Bonchev–Trinajstić information content (AvgIpc) is 3.22. The number of amides is 1. The molecule has 0 saturated heterocycles. The highest BCUT2D eigenvalue weighted by Crippen LogP contribution is 2.36. The van der Waals surface area contributed by atoms with Gasteiger partial charge in [-0.15, -0.1) is 5.10 Å². The number of aryl methyl sites for hydroxylation is 1. The number of carbonyl (C=O) groups excluding carboxylic acids is 1. The average molecular weight is 368 g/mol. The lowest BCUT2D eigenvalue weighted by Crippen LogP contribution is -2.14. The Morgan fingerprint density at radius 3 is 2.88 bits per heavy atom. The number of rotatable bonds is 5. The summed E-state index contributed by atoms with van der Waals surface area (Å²) in [6.45, 7) is 1.81. The van der Waals surface area contributed by atoms with Crippen molar-refractivity contribution in [2.75, 3.05) is 18.2 Å². The molecule has 2 N–H and O–H groups in total. The summed E-state index contributed by atoms with van der Waals surface area (Å²) in [5.74, 6) is 1.31. The van der Waals surface area contributed by atoms with Gasteiger partial charge in [0.1, 0.15) is 22.7 Å². The molecule has 8 heteroatoms. The third-order valence-electron chi connectivity index (χ3n) is 3.88. The van der Waals surface area contributed by atoms with Crippen LogP contribution in [0.1, 0.15) is 5.82 Å². The maximum absolute atomic E-state index is 12.3. The normalized spacial score (nSPS) is 11.2. The zero-order valence-electron chi connectivity index (χ0n) is 14.2. The molecule has 0 radical (unpaired) electrons. The molecule has 0 aliphatic rings. The molecule has 26 heavy (non-hydrogen) atoms. The Labute approximate surface area is 153 Å². The monoisotopic (exact) mass is 368 g/mol. The van der Waals surface area contributed by atoms with Gasteiger partial charge in [-0.25, -0.2) is 4.98 Å². The molecular weight excluding hydrogens is 352 g/mol. The summed E-state index contributed by atoms with van der Waals surface area (Å²) in [6, 6.07) is 11.5. The number of anilines is 1. The molecule has 132 valence electrons. The third-order valence-corrected chi connectivity index (χ3v) is 4.73. The summed E-state index contributed by atoms with van der Waals surface area (Å²) in [6.07, 6.45) is 0. The smallest absolute Gasteiger partial charge is 0.234 e. The minimum Gasteiger partial charge on any atom is -0.495 e. The molecule has 7 nitrogen and oxygen atoms in total. The molecule has 2 aromatic heterocycles. The Morgan fingerprint density at radius 2 is 2.12 bits per heavy atom. The summed E-state index contributed by atoms with van der Waals surface area (Å²) in [5, 5.41) is 12.1. The van der Waals surface area contributed by atoms with Gasteiger partial charge in [0.25, 0.3) is 0 Å². The molecule has 0 spiro atoms. The number of fused-ring (bicyclic) bond motifs is 3. The van der Waals surface area contributed by atoms with E-state index in [1.54, 1.807) is 13.2 Å². The molecular formula is C18H16N4O3S. The van der Waals surface area contributed by atoms with Gasteiger partial charge in [0.05, 0.1) is 18.6 Å². The molecule has 0 atom stereocenters. The number of H-pyrrole nitrogens is 1. The number of benzene rings is 2. The first-order valence-corrected chi connectivity index (χ1v) is 8.93. The van der Waals surface area contributed by atoms with Crippen LogP contribution in [0.15, 0.2) is 46.0 Å². The summed E-state index contributed by atoms with van der Waals surface area (Å²) in [5.41, 5.74) is 2.05. The van der Waals surface area contributed by atoms with Crippen LogP contribution in [0, 0.1) is 6.92 Å². The number of aromatic amines is 1. The van der Waals surface area contributed by atoms with Crippen LogP contribution < -0.4 is 10.1 Å². The van der Waals surface area contributed by atoms with Crippen molar-refractivity contribution >= 4 is 45.3 Å². The molecule has 4 aromatic rings.